The van der Waals surface area contributed by atoms with Gasteiger partial charge in [-0.05, 0) is 56.5 Å². The summed E-state index contributed by atoms with van der Waals surface area (Å²) in [5.74, 6) is 0.682. The van der Waals surface area contributed by atoms with Crippen molar-refractivity contribution in [3.8, 4) is 0 Å². The fourth-order valence-corrected chi connectivity index (χ4v) is 4.55. The fourth-order valence-electron chi connectivity index (χ4n) is 3.72. The molecule has 2 aromatic heterocycles. The van der Waals surface area contributed by atoms with Gasteiger partial charge in [0.1, 0.15) is 16.2 Å². The van der Waals surface area contributed by atoms with Crippen LogP contribution in [-0.2, 0) is 10.3 Å². The Hall–Kier alpha value is -2.55. The quantitative estimate of drug-likeness (QED) is 0.624. The minimum absolute atomic E-state index is 0.240. The number of nitrogens with one attached hydrogen (secondary N) is 1. The van der Waals surface area contributed by atoms with E-state index >= 15 is 0 Å². The number of methoxy groups -OCH3 is 1. The summed E-state index contributed by atoms with van der Waals surface area (Å²) in [5, 5.41) is 13.4. The molecular weight excluding hydrogens is 400 g/mol. The lowest BCUT2D eigenvalue weighted by atomic mass is 9.97. The average Bonchev–Trinajstić information content (AvgIpc) is 3.33. The van der Waals surface area contributed by atoms with E-state index in [9.17, 15) is 9.90 Å². The Bertz CT molecular complexity index is 1040. The topological polar surface area (TPSA) is 87.6 Å². The van der Waals surface area contributed by atoms with Crippen molar-refractivity contribution in [2.24, 2.45) is 0 Å². The number of anilines is 2. The van der Waals surface area contributed by atoms with Gasteiger partial charge in [0, 0.05) is 19.2 Å². The summed E-state index contributed by atoms with van der Waals surface area (Å²) < 4.78 is 5.34. The van der Waals surface area contributed by atoms with Crippen molar-refractivity contribution < 1.29 is 14.6 Å². The number of fused-ring (bicyclic) bond motifs is 1. The molecule has 1 fully saturated rings. The molecule has 1 atom stereocenters. The van der Waals surface area contributed by atoms with Crippen molar-refractivity contribution in [2.75, 3.05) is 30.5 Å². The van der Waals surface area contributed by atoms with Crippen LogP contribution in [-0.4, -0.2) is 47.3 Å². The molecule has 1 unspecified atom stereocenters. The molecule has 3 aromatic rings. The number of aliphatic hydroxyl groups is 1. The van der Waals surface area contributed by atoms with Crippen LogP contribution in [0.25, 0.3) is 10.3 Å². The molecule has 1 amide bonds. The summed E-state index contributed by atoms with van der Waals surface area (Å²) >= 11 is 1.36. The number of hydrogen-bond acceptors (Lipinski definition) is 7. The molecule has 1 aliphatic heterocycles. The highest BCUT2D eigenvalue weighted by molar-refractivity contribution is 7.22. The third-order valence-corrected chi connectivity index (χ3v) is 6.23. The van der Waals surface area contributed by atoms with Gasteiger partial charge >= 0.3 is 0 Å². The van der Waals surface area contributed by atoms with Gasteiger partial charge in [-0.3, -0.25) is 10.1 Å². The molecule has 4 rings (SSSR count). The second kappa shape index (κ2) is 8.29. The van der Waals surface area contributed by atoms with Crippen molar-refractivity contribution in [2.45, 2.75) is 38.3 Å². The number of carbonyl (C=O) groups is 1. The van der Waals surface area contributed by atoms with Crippen molar-refractivity contribution in [1.29, 1.82) is 0 Å². The molecule has 0 spiro atoms. The van der Waals surface area contributed by atoms with Crippen LogP contribution in [0.3, 0.4) is 0 Å². The number of hydrogen-bond donors (Lipinski definition) is 2. The number of rotatable bonds is 6. The van der Waals surface area contributed by atoms with Crippen molar-refractivity contribution >= 4 is 38.5 Å². The molecule has 8 heteroatoms. The Morgan fingerprint density at radius 1 is 1.27 bits per heavy atom. The molecule has 158 valence electrons. The minimum atomic E-state index is -0.941. The Kier molecular flexibility index (Phi) is 5.73. The Morgan fingerprint density at radius 3 is 2.73 bits per heavy atom. The fraction of sp³-hybridized carbons (Fsp3) is 0.409. The smallest absolute Gasteiger partial charge is 0.257 e. The lowest BCUT2D eigenvalue weighted by Gasteiger charge is -2.24. The monoisotopic (exact) mass is 426 g/mol. The number of nitrogens with zero attached hydrogens (tertiary/aromatic N) is 3. The predicted molar refractivity (Wildman–Crippen MR) is 119 cm³/mol. The van der Waals surface area contributed by atoms with Crippen LogP contribution in [0.15, 0.2) is 36.4 Å². The zero-order chi connectivity index (χ0) is 21.3. The van der Waals surface area contributed by atoms with Crippen LogP contribution in [0, 0.1) is 0 Å². The van der Waals surface area contributed by atoms with Gasteiger partial charge < -0.3 is 14.7 Å². The number of thiazole rings is 1. The lowest BCUT2D eigenvalue weighted by Crippen LogP contribution is -2.33. The van der Waals surface area contributed by atoms with Gasteiger partial charge in [-0.15, -0.1) is 0 Å². The van der Waals surface area contributed by atoms with Crippen molar-refractivity contribution in [3.63, 3.8) is 0 Å². The zero-order valence-corrected chi connectivity index (χ0v) is 18.2. The highest BCUT2D eigenvalue weighted by Gasteiger charge is 2.26. The summed E-state index contributed by atoms with van der Waals surface area (Å²) in [6, 6.07) is 11.2. The second-order valence-electron chi connectivity index (χ2n) is 8.05. The molecule has 1 saturated heterocycles. The highest BCUT2D eigenvalue weighted by Crippen LogP contribution is 2.30. The number of ether oxygens (including phenoxy) is 1. The average molecular weight is 427 g/mol. The normalized spacial score (nSPS) is 16.9. The summed E-state index contributed by atoms with van der Waals surface area (Å²) in [7, 11) is 1.73. The van der Waals surface area contributed by atoms with Gasteiger partial charge in [0.25, 0.3) is 5.91 Å². The van der Waals surface area contributed by atoms with E-state index in [-0.39, 0.29) is 5.91 Å². The second-order valence-corrected chi connectivity index (χ2v) is 9.03. The summed E-state index contributed by atoms with van der Waals surface area (Å²) in [5.41, 5.74) is 1.09. The maximum absolute atomic E-state index is 12.6. The van der Waals surface area contributed by atoms with Gasteiger partial charge in [-0.2, -0.15) is 0 Å². The van der Waals surface area contributed by atoms with E-state index in [0.29, 0.717) is 23.3 Å². The number of benzene rings is 1. The summed E-state index contributed by atoms with van der Waals surface area (Å²) in [6.45, 7) is 5.08. The maximum Gasteiger partial charge on any atom is 0.257 e. The lowest BCUT2D eigenvalue weighted by molar-refractivity contribution is 0.0785. The van der Waals surface area contributed by atoms with Crippen LogP contribution >= 0.6 is 11.3 Å². The third-order valence-electron chi connectivity index (χ3n) is 5.35. The van der Waals surface area contributed by atoms with Gasteiger partial charge in [0.15, 0.2) is 5.13 Å². The van der Waals surface area contributed by atoms with Crippen LogP contribution < -0.4 is 10.2 Å². The first-order chi connectivity index (χ1) is 14.3. The molecule has 2 N–H and O–H groups in total. The highest BCUT2D eigenvalue weighted by atomic mass is 32.1. The largest absolute Gasteiger partial charge is 0.386 e. The number of pyridine rings is 1. The predicted octanol–water partition coefficient (Wildman–Crippen LogP) is 3.79. The first kappa shape index (κ1) is 20.7. The van der Waals surface area contributed by atoms with Gasteiger partial charge in [-0.25, -0.2) is 9.97 Å². The number of aromatic nitrogens is 2. The van der Waals surface area contributed by atoms with Crippen LogP contribution in [0.4, 0.5) is 10.9 Å². The van der Waals surface area contributed by atoms with E-state index < -0.39 is 5.60 Å². The van der Waals surface area contributed by atoms with E-state index in [1.54, 1.807) is 45.2 Å². The van der Waals surface area contributed by atoms with E-state index in [0.717, 1.165) is 41.1 Å². The summed E-state index contributed by atoms with van der Waals surface area (Å²) in [6.07, 6.45) is 2.23. The van der Waals surface area contributed by atoms with Crippen molar-refractivity contribution in [3.05, 3.63) is 47.5 Å². The van der Waals surface area contributed by atoms with Gasteiger partial charge in [0.2, 0.25) is 0 Å². The van der Waals surface area contributed by atoms with E-state index in [2.05, 4.69) is 15.2 Å². The molecule has 0 saturated carbocycles. The molecule has 30 heavy (non-hydrogen) atoms. The minimum Gasteiger partial charge on any atom is -0.386 e. The first-order valence-corrected chi connectivity index (χ1v) is 10.8. The molecule has 7 nitrogen and oxygen atoms in total. The number of carbonyl (C=O) groups excluding carboxylic acids is 1. The Labute approximate surface area is 179 Å². The SMILES string of the molecule is COCC1CCCN1c1ccc2nc(NC(=O)c3ccc(C(C)(C)O)cc3)sc2n1. The maximum atomic E-state index is 12.6. The summed E-state index contributed by atoms with van der Waals surface area (Å²) in [4.78, 5) is 24.9. The van der Waals surface area contributed by atoms with Gasteiger partial charge in [-0.1, -0.05) is 23.5 Å². The van der Waals surface area contributed by atoms with Gasteiger partial charge in [0.05, 0.1) is 18.2 Å². The zero-order valence-electron chi connectivity index (χ0n) is 17.4. The molecule has 1 aromatic carbocycles. The van der Waals surface area contributed by atoms with E-state index in [1.807, 2.05) is 12.1 Å². The van der Waals surface area contributed by atoms with Crippen molar-refractivity contribution in [1.82, 2.24) is 9.97 Å². The Morgan fingerprint density at radius 2 is 2.03 bits per heavy atom. The molecule has 0 radical (unpaired) electrons. The molecule has 3 heterocycles. The van der Waals surface area contributed by atoms with Crippen LogP contribution in [0.1, 0.15) is 42.6 Å². The standard InChI is InChI=1S/C22H26N4O3S/c1-22(2,28)15-8-6-14(7-9-15)19(27)25-21-23-17-10-11-18(24-20(17)30-21)26-12-4-5-16(26)13-29-3/h6-11,16,28H,4-5,12-13H2,1-3H3,(H,23,25,27). The van der Waals surface area contributed by atoms with E-state index in [1.165, 1.54) is 11.3 Å². The molecule has 0 bridgehead atoms. The number of amides is 1. The Balaban J connectivity index is 1.50. The molecule has 0 aliphatic carbocycles. The first-order valence-electron chi connectivity index (χ1n) is 10.0. The van der Waals surface area contributed by atoms with Crippen LogP contribution in [0.5, 0.6) is 0 Å². The van der Waals surface area contributed by atoms with Crippen LogP contribution in [0.2, 0.25) is 0 Å². The third kappa shape index (κ3) is 4.30. The molecule has 1 aliphatic rings. The van der Waals surface area contributed by atoms with E-state index in [4.69, 9.17) is 9.72 Å². The molecular formula is C22H26N4O3S.